The first-order valence-electron chi connectivity index (χ1n) is 6.01. The Bertz CT molecular complexity index is 828. The molecule has 0 fully saturated rings. The van der Waals surface area contributed by atoms with Crippen molar-refractivity contribution >= 4 is 60.4 Å². The van der Waals surface area contributed by atoms with Crippen molar-refractivity contribution in [2.45, 2.75) is 13.5 Å². The molecule has 108 valence electrons. The van der Waals surface area contributed by atoms with Crippen molar-refractivity contribution in [1.82, 2.24) is 9.97 Å². The van der Waals surface area contributed by atoms with Gasteiger partial charge >= 0.3 is 0 Å². The van der Waals surface area contributed by atoms with Crippen LogP contribution in [-0.2, 0) is 6.61 Å². The standard InChI is InChI=1S/C13H10BrN3O2S2/c1-6-11(21-13(14)15-6)12(19)16-7-2-3-9-8(4-7)17-10(5-18)20-9/h2-4,18H,5H2,1H3,(H,16,19). The van der Waals surface area contributed by atoms with Gasteiger partial charge in [0.25, 0.3) is 5.91 Å². The van der Waals surface area contributed by atoms with E-state index in [0.29, 0.717) is 25.2 Å². The molecule has 5 nitrogen and oxygen atoms in total. The molecule has 2 heterocycles. The Kier molecular flexibility index (Phi) is 4.03. The lowest BCUT2D eigenvalue weighted by molar-refractivity contribution is 0.103. The second-order valence-corrected chi connectivity index (χ2v) is 7.67. The first kappa shape index (κ1) is 14.6. The van der Waals surface area contributed by atoms with Crippen LogP contribution in [0.2, 0.25) is 0 Å². The number of rotatable bonds is 3. The Morgan fingerprint density at radius 1 is 1.38 bits per heavy atom. The lowest BCUT2D eigenvalue weighted by atomic mass is 10.3. The molecule has 0 saturated heterocycles. The molecule has 1 amide bonds. The fourth-order valence-electron chi connectivity index (χ4n) is 1.88. The number of halogens is 1. The highest BCUT2D eigenvalue weighted by molar-refractivity contribution is 9.11. The summed E-state index contributed by atoms with van der Waals surface area (Å²) in [5.41, 5.74) is 2.14. The molecule has 8 heteroatoms. The SMILES string of the molecule is Cc1nc(Br)sc1C(=O)Nc1ccc2sc(CO)nc2c1. The first-order chi connectivity index (χ1) is 10.1. The van der Waals surface area contributed by atoms with E-state index in [4.69, 9.17) is 5.11 Å². The topological polar surface area (TPSA) is 75.1 Å². The number of fused-ring (bicyclic) bond motifs is 1. The summed E-state index contributed by atoms with van der Waals surface area (Å²) in [6.07, 6.45) is 0. The molecule has 0 saturated carbocycles. The number of carbonyl (C=O) groups is 1. The minimum Gasteiger partial charge on any atom is -0.389 e. The van der Waals surface area contributed by atoms with Crippen LogP contribution in [0, 0.1) is 6.92 Å². The van der Waals surface area contributed by atoms with Gasteiger partial charge in [-0.25, -0.2) is 9.97 Å². The minimum absolute atomic E-state index is 0.0743. The van der Waals surface area contributed by atoms with E-state index in [1.54, 1.807) is 13.0 Å². The molecular weight excluding hydrogens is 374 g/mol. The van der Waals surface area contributed by atoms with Crippen molar-refractivity contribution in [3.8, 4) is 0 Å². The van der Waals surface area contributed by atoms with E-state index in [1.165, 1.54) is 22.7 Å². The van der Waals surface area contributed by atoms with Crippen LogP contribution < -0.4 is 5.32 Å². The number of aliphatic hydroxyl groups excluding tert-OH is 1. The average molecular weight is 384 g/mol. The number of hydrogen-bond donors (Lipinski definition) is 2. The molecule has 3 aromatic rings. The van der Waals surface area contributed by atoms with Gasteiger partial charge in [-0.05, 0) is 41.1 Å². The molecule has 0 atom stereocenters. The van der Waals surface area contributed by atoms with Crippen molar-refractivity contribution in [2.75, 3.05) is 5.32 Å². The van der Waals surface area contributed by atoms with Gasteiger partial charge in [-0.2, -0.15) is 0 Å². The predicted molar refractivity (Wildman–Crippen MR) is 88.0 cm³/mol. The summed E-state index contributed by atoms with van der Waals surface area (Å²) in [5, 5.41) is 12.6. The first-order valence-corrected chi connectivity index (χ1v) is 8.44. The molecule has 21 heavy (non-hydrogen) atoms. The molecule has 2 N–H and O–H groups in total. The number of aliphatic hydroxyl groups is 1. The molecule has 0 unspecified atom stereocenters. The maximum absolute atomic E-state index is 12.2. The van der Waals surface area contributed by atoms with Crippen molar-refractivity contribution in [3.05, 3.63) is 37.7 Å². The molecule has 1 aromatic carbocycles. The smallest absolute Gasteiger partial charge is 0.267 e. The number of carbonyl (C=O) groups excluding carboxylic acids is 1. The highest BCUT2D eigenvalue weighted by Crippen LogP contribution is 2.27. The normalized spacial score (nSPS) is 11.0. The highest BCUT2D eigenvalue weighted by Gasteiger charge is 2.15. The van der Waals surface area contributed by atoms with Crippen LogP contribution in [0.4, 0.5) is 5.69 Å². The Labute approximate surface area is 136 Å². The highest BCUT2D eigenvalue weighted by atomic mass is 79.9. The summed E-state index contributed by atoms with van der Waals surface area (Å²) >= 11 is 6.01. The van der Waals surface area contributed by atoms with E-state index in [2.05, 4.69) is 31.2 Å². The number of aryl methyl sites for hydroxylation is 1. The van der Waals surface area contributed by atoms with Gasteiger partial charge in [0.05, 0.1) is 22.5 Å². The maximum Gasteiger partial charge on any atom is 0.267 e. The van der Waals surface area contributed by atoms with E-state index < -0.39 is 0 Å². The van der Waals surface area contributed by atoms with Crippen molar-refractivity contribution in [3.63, 3.8) is 0 Å². The van der Waals surface area contributed by atoms with Crippen molar-refractivity contribution in [2.24, 2.45) is 0 Å². The largest absolute Gasteiger partial charge is 0.389 e. The van der Waals surface area contributed by atoms with Gasteiger partial charge in [0.1, 0.15) is 9.88 Å². The van der Waals surface area contributed by atoms with Crippen molar-refractivity contribution < 1.29 is 9.90 Å². The van der Waals surface area contributed by atoms with E-state index in [1.807, 2.05) is 12.1 Å². The Hall–Kier alpha value is -1.35. The average Bonchev–Trinajstić information content (AvgIpc) is 3.00. The Morgan fingerprint density at radius 2 is 2.19 bits per heavy atom. The van der Waals surface area contributed by atoms with Crippen LogP contribution >= 0.6 is 38.6 Å². The van der Waals surface area contributed by atoms with Crippen LogP contribution in [-0.4, -0.2) is 21.0 Å². The molecule has 3 rings (SSSR count). The lowest BCUT2D eigenvalue weighted by Gasteiger charge is -2.03. The Morgan fingerprint density at radius 3 is 2.86 bits per heavy atom. The summed E-state index contributed by atoms with van der Waals surface area (Å²) in [6, 6.07) is 5.51. The van der Waals surface area contributed by atoms with Gasteiger partial charge in [0, 0.05) is 5.69 Å². The van der Waals surface area contributed by atoms with E-state index in [9.17, 15) is 4.79 Å². The second-order valence-electron chi connectivity index (χ2n) is 4.28. The van der Waals surface area contributed by atoms with E-state index in [0.717, 1.165) is 10.2 Å². The summed E-state index contributed by atoms with van der Waals surface area (Å²) in [6.45, 7) is 1.72. The molecule has 0 radical (unpaired) electrons. The van der Waals surface area contributed by atoms with Gasteiger partial charge in [-0.3, -0.25) is 4.79 Å². The molecular formula is C13H10BrN3O2S2. The number of benzene rings is 1. The molecule has 0 bridgehead atoms. The summed E-state index contributed by atoms with van der Waals surface area (Å²) < 4.78 is 1.67. The van der Waals surface area contributed by atoms with Crippen LogP contribution in [0.1, 0.15) is 20.4 Å². The number of hydrogen-bond acceptors (Lipinski definition) is 6. The molecule has 2 aromatic heterocycles. The quantitative estimate of drug-likeness (QED) is 0.724. The van der Waals surface area contributed by atoms with Gasteiger partial charge in [-0.1, -0.05) is 0 Å². The second kappa shape index (κ2) is 5.80. The third-order valence-electron chi connectivity index (χ3n) is 2.80. The summed E-state index contributed by atoms with van der Waals surface area (Å²) in [4.78, 5) is 21.3. The number of aromatic nitrogens is 2. The van der Waals surface area contributed by atoms with E-state index in [-0.39, 0.29) is 12.5 Å². The zero-order chi connectivity index (χ0) is 15.0. The zero-order valence-corrected chi connectivity index (χ0v) is 14.1. The fraction of sp³-hybridized carbons (Fsp3) is 0.154. The van der Waals surface area contributed by atoms with E-state index >= 15 is 0 Å². The molecule has 0 aliphatic heterocycles. The predicted octanol–water partition coefficient (Wildman–Crippen LogP) is 3.57. The summed E-state index contributed by atoms with van der Waals surface area (Å²) in [5.74, 6) is -0.187. The number of nitrogens with zero attached hydrogens (tertiary/aromatic N) is 2. The maximum atomic E-state index is 12.2. The number of anilines is 1. The third-order valence-corrected chi connectivity index (χ3v) is 5.43. The molecule has 0 aliphatic rings. The van der Waals surface area contributed by atoms with Gasteiger partial charge in [0.15, 0.2) is 3.92 Å². The number of nitrogens with one attached hydrogen (secondary N) is 1. The lowest BCUT2D eigenvalue weighted by Crippen LogP contribution is -2.11. The van der Waals surface area contributed by atoms with Gasteiger partial charge in [0.2, 0.25) is 0 Å². The van der Waals surface area contributed by atoms with Crippen molar-refractivity contribution in [1.29, 1.82) is 0 Å². The van der Waals surface area contributed by atoms with Gasteiger partial charge in [-0.15, -0.1) is 22.7 Å². The monoisotopic (exact) mass is 383 g/mol. The number of amides is 1. The van der Waals surface area contributed by atoms with Crippen LogP contribution in [0.15, 0.2) is 22.1 Å². The van der Waals surface area contributed by atoms with Crippen LogP contribution in [0.3, 0.4) is 0 Å². The van der Waals surface area contributed by atoms with Crippen LogP contribution in [0.5, 0.6) is 0 Å². The van der Waals surface area contributed by atoms with Crippen LogP contribution in [0.25, 0.3) is 10.2 Å². The number of thiazole rings is 2. The Balaban J connectivity index is 1.87. The molecule has 0 aliphatic carbocycles. The molecule has 0 spiro atoms. The third kappa shape index (κ3) is 2.98. The minimum atomic E-state index is -0.187. The summed E-state index contributed by atoms with van der Waals surface area (Å²) in [7, 11) is 0. The zero-order valence-electron chi connectivity index (χ0n) is 10.9. The van der Waals surface area contributed by atoms with Gasteiger partial charge < -0.3 is 10.4 Å². The fourth-order valence-corrected chi connectivity index (χ4v) is 4.13.